The van der Waals surface area contributed by atoms with Crippen molar-refractivity contribution >= 4 is 26.8 Å². The van der Waals surface area contributed by atoms with Gasteiger partial charge in [-0.05, 0) is 30.7 Å². The highest BCUT2D eigenvalue weighted by atomic mass is 79.9. The largest absolute Gasteiger partial charge is 0.507 e. The Labute approximate surface area is 84.4 Å². The molecular weight excluding hydrogens is 230 g/mol. The molecule has 0 aliphatic heterocycles. The number of phenols is 1. The predicted octanol–water partition coefficient (Wildman–Crippen LogP) is 3.01. The zero-order chi connectivity index (χ0) is 9.42. The second-order valence-corrected chi connectivity index (χ2v) is 3.86. The van der Waals surface area contributed by atoms with Crippen molar-refractivity contribution in [1.82, 2.24) is 4.98 Å². The molecule has 2 nitrogen and oxygen atoms in total. The molecular formula is C10H8BrNO. The van der Waals surface area contributed by atoms with E-state index in [0.717, 1.165) is 20.9 Å². The number of pyridine rings is 1. The predicted molar refractivity (Wildman–Crippen MR) is 55.8 cm³/mol. The molecule has 0 fully saturated rings. The average Bonchev–Trinajstić information content (AvgIpc) is 2.02. The van der Waals surface area contributed by atoms with Crippen molar-refractivity contribution in [2.45, 2.75) is 6.92 Å². The minimum Gasteiger partial charge on any atom is -0.507 e. The first-order valence-electron chi connectivity index (χ1n) is 3.92. The van der Waals surface area contributed by atoms with E-state index in [1.165, 1.54) is 0 Å². The van der Waals surface area contributed by atoms with Crippen molar-refractivity contribution in [3.05, 3.63) is 34.4 Å². The molecule has 1 heterocycles. The lowest BCUT2D eigenvalue weighted by molar-refractivity contribution is 0.481. The van der Waals surface area contributed by atoms with Gasteiger partial charge in [0.15, 0.2) is 0 Å². The number of benzene rings is 1. The van der Waals surface area contributed by atoms with Crippen LogP contribution in [0.15, 0.2) is 28.9 Å². The monoisotopic (exact) mass is 237 g/mol. The standard InChI is InChI=1S/C10H8BrNO/c1-6-2-3-12-8-4-7(11)5-9(13)10(6)8/h2-5,13H,1H3. The number of hydrogen-bond acceptors (Lipinski definition) is 2. The summed E-state index contributed by atoms with van der Waals surface area (Å²) in [6, 6.07) is 5.45. The molecule has 0 saturated heterocycles. The van der Waals surface area contributed by atoms with Gasteiger partial charge in [-0.1, -0.05) is 15.9 Å². The van der Waals surface area contributed by atoms with E-state index in [4.69, 9.17) is 0 Å². The fraction of sp³-hybridized carbons (Fsp3) is 0.100. The van der Waals surface area contributed by atoms with Crippen LogP contribution in [0.25, 0.3) is 10.9 Å². The molecule has 0 radical (unpaired) electrons. The maximum Gasteiger partial charge on any atom is 0.126 e. The van der Waals surface area contributed by atoms with Gasteiger partial charge in [0.25, 0.3) is 0 Å². The summed E-state index contributed by atoms with van der Waals surface area (Å²) in [6.45, 7) is 1.96. The van der Waals surface area contributed by atoms with Crippen molar-refractivity contribution in [2.75, 3.05) is 0 Å². The van der Waals surface area contributed by atoms with E-state index in [9.17, 15) is 5.11 Å². The van der Waals surface area contributed by atoms with Gasteiger partial charge in [0, 0.05) is 16.1 Å². The first-order chi connectivity index (χ1) is 6.18. The fourth-order valence-electron chi connectivity index (χ4n) is 1.40. The number of halogens is 1. The van der Waals surface area contributed by atoms with Crippen LogP contribution in [0.5, 0.6) is 5.75 Å². The summed E-state index contributed by atoms with van der Waals surface area (Å²) in [5, 5.41) is 10.5. The molecule has 0 spiro atoms. The molecule has 1 aromatic heterocycles. The van der Waals surface area contributed by atoms with Crippen LogP contribution in [-0.2, 0) is 0 Å². The zero-order valence-corrected chi connectivity index (χ0v) is 8.67. The van der Waals surface area contributed by atoms with E-state index in [1.807, 2.05) is 19.1 Å². The topological polar surface area (TPSA) is 33.1 Å². The van der Waals surface area contributed by atoms with Crippen LogP contribution in [0.2, 0.25) is 0 Å². The van der Waals surface area contributed by atoms with E-state index >= 15 is 0 Å². The highest BCUT2D eigenvalue weighted by Gasteiger charge is 2.04. The maximum absolute atomic E-state index is 9.66. The number of phenolic OH excluding ortho intramolecular Hbond substituents is 1. The molecule has 3 heteroatoms. The molecule has 66 valence electrons. The summed E-state index contributed by atoms with van der Waals surface area (Å²) in [5.41, 5.74) is 1.85. The Kier molecular flexibility index (Phi) is 1.96. The highest BCUT2D eigenvalue weighted by molar-refractivity contribution is 9.10. The summed E-state index contributed by atoms with van der Waals surface area (Å²) in [7, 11) is 0. The summed E-state index contributed by atoms with van der Waals surface area (Å²) < 4.78 is 0.843. The van der Waals surface area contributed by atoms with Gasteiger partial charge < -0.3 is 5.11 Å². The van der Waals surface area contributed by atoms with Gasteiger partial charge in [-0.3, -0.25) is 4.98 Å². The number of rotatable bonds is 0. The molecule has 13 heavy (non-hydrogen) atoms. The van der Waals surface area contributed by atoms with E-state index in [-0.39, 0.29) is 5.75 Å². The summed E-state index contributed by atoms with van der Waals surface area (Å²) in [4.78, 5) is 4.17. The van der Waals surface area contributed by atoms with Gasteiger partial charge in [0.05, 0.1) is 5.52 Å². The Morgan fingerprint density at radius 2 is 2.15 bits per heavy atom. The van der Waals surface area contributed by atoms with E-state index in [2.05, 4.69) is 20.9 Å². The lowest BCUT2D eigenvalue weighted by atomic mass is 10.1. The zero-order valence-electron chi connectivity index (χ0n) is 7.08. The Morgan fingerprint density at radius 3 is 2.92 bits per heavy atom. The molecule has 0 aliphatic rings. The van der Waals surface area contributed by atoms with Gasteiger partial charge in [0.1, 0.15) is 5.75 Å². The first-order valence-corrected chi connectivity index (χ1v) is 4.71. The van der Waals surface area contributed by atoms with Crippen LogP contribution in [0.3, 0.4) is 0 Å². The Hall–Kier alpha value is -1.09. The molecule has 1 aromatic carbocycles. The molecule has 0 aliphatic carbocycles. The molecule has 0 unspecified atom stereocenters. The smallest absolute Gasteiger partial charge is 0.126 e. The minimum atomic E-state index is 0.273. The molecule has 0 amide bonds. The van der Waals surface area contributed by atoms with Crippen molar-refractivity contribution in [3.8, 4) is 5.75 Å². The number of hydrogen-bond donors (Lipinski definition) is 1. The van der Waals surface area contributed by atoms with E-state index in [0.29, 0.717) is 0 Å². The molecule has 0 atom stereocenters. The Morgan fingerprint density at radius 1 is 1.38 bits per heavy atom. The summed E-state index contributed by atoms with van der Waals surface area (Å²) in [6.07, 6.45) is 1.74. The molecule has 2 aromatic rings. The minimum absolute atomic E-state index is 0.273. The number of nitrogens with zero attached hydrogens (tertiary/aromatic N) is 1. The van der Waals surface area contributed by atoms with Crippen molar-refractivity contribution in [2.24, 2.45) is 0 Å². The van der Waals surface area contributed by atoms with E-state index in [1.54, 1.807) is 12.3 Å². The van der Waals surface area contributed by atoms with E-state index < -0.39 is 0 Å². The quantitative estimate of drug-likeness (QED) is 0.765. The normalized spacial score (nSPS) is 10.6. The molecule has 1 N–H and O–H groups in total. The molecule has 0 bridgehead atoms. The van der Waals surface area contributed by atoms with Crippen LogP contribution in [0.4, 0.5) is 0 Å². The van der Waals surface area contributed by atoms with Crippen LogP contribution >= 0.6 is 15.9 Å². The van der Waals surface area contributed by atoms with Crippen molar-refractivity contribution in [1.29, 1.82) is 0 Å². The summed E-state index contributed by atoms with van der Waals surface area (Å²) >= 11 is 3.31. The van der Waals surface area contributed by atoms with Crippen molar-refractivity contribution < 1.29 is 5.11 Å². The number of aryl methyl sites for hydroxylation is 1. The lowest BCUT2D eigenvalue weighted by Crippen LogP contribution is -1.83. The van der Waals surface area contributed by atoms with Crippen molar-refractivity contribution in [3.63, 3.8) is 0 Å². The fourth-order valence-corrected chi connectivity index (χ4v) is 1.83. The van der Waals surface area contributed by atoms with Gasteiger partial charge in [-0.2, -0.15) is 0 Å². The lowest BCUT2D eigenvalue weighted by Gasteiger charge is -2.03. The van der Waals surface area contributed by atoms with Gasteiger partial charge in [0.2, 0.25) is 0 Å². The van der Waals surface area contributed by atoms with Gasteiger partial charge in [-0.25, -0.2) is 0 Å². The average molecular weight is 238 g/mol. The molecule has 0 saturated carbocycles. The third-order valence-corrected chi connectivity index (χ3v) is 2.45. The van der Waals surface area contributed by atoms with Crippen LogP contribution in [0, 0.1) is 6.92 Å². The third-order valence-electron chi connectivity index (χ3n) is 1.99. The van der Waals surface area contributed by atoms with Crippen LogP contribution < -0.4 is 0 Å². The number of aromatic nitrogens is 1. The van der Waals surface area contributed by atoms with Gasteiger partial charge in [-0.15, -0.1) is 0 Å². The Balaban J connectivity index is 2.94. The van der Waals surface area contributed by atoms with Crippen LogP contribution in [0.1, 0.15) is 5.56 Å². The third kappa shape index (κ3) is 1.40. The maximum atomic E-state index is 9.66. The SMILES string of the molecule is Cc1ccnc2cc(Br)cc(O)c12. The molecule has 2 rings (SSSR count). The van der Waals surface area contributed by atoms with Crippen LogP contribution in [-0.4, -0.2) is 10.1 Å². The second kappa shape index (κ2) is 3.00. The van der Waals surface area contributed by atoms with Gasteiger partial charge >= 0.3 is 0 Å². The Bertz CT molecular complexity index is 468. The summed E-state index contributed by atoms with van der Waals surface area (Å²) in [5.74, 6) is 0.273. The highest BCUT2D eigenvalue weighted by Crippen LogP contribution is 2.29. The second-order valence-electron chi connectivity index (χ2n) is 2.95. The number of fused-ring (bicyclic) bond motifs is 1. The first kappa shape index (κ1) is 8.51. The number of aromatic hydroxyl groups is 1.